The lowest BCUT2D eigenvalue weighted by Crippen LogP contribution is -2.30. The molecule has 0 aliphatic rings. The monoisotopic (exact) mass is 413 g/mol. The maximum atomic E-state index is 12.6. The van der Waals surface area contributed by atoms with Crippen molar-refractivity contribution in [1.82, 2.24) is 24.8 Å². The van der Waals surface area contributed by atoms with Crippen molar-refractivity contribution >= 4 is 17.2 Å². The zero-order valence-electron chi connectivity index (χ0n) is 15.4. The highest BCUT2D eigenvalue weighted by atomic mass is 32.1. The molecular weight excluding hydrogens is 395 g/mol. The van der Waals surface area contributed by atoms with Crippen LogP contribution in [0.25, 0.3) is 10.7 Å². The van der Waals surface area contributed by atoms with Crippen LogP contribution in [0.1, 0.15) is 47.9 Å². The van der Waals surface area contributed by atoms with Gasteiger partial charge in [-0.1, -0.05) is 5.16 Å². The van der Waals surface area contributed by atoms with E-state index >= 15 is 0 Å². The molecule has 3 aromatic heterocycles. The van der Waals surface area contributed by atoms with Crippen molar-refractivity contribution < 1.29 is 22.5 Å². The minimum absolute atomic E-state index is 0.0956. The van der Waals surface area contributed by atoms with Crippen molar-refractivity contribution in [3.05, 3.63) is 40.9 Å². The van der Waals surface area contributed by atoms with Gasteiger partial charge in [0.25, 0.3) is 5.91 Å². The van der Waals surface area contributed by atoms with Crippen LogP contribution in [0.15, 0.2) is 29.0 Å². The van der Waals surface area contributed by atoms with E-state index in [9.17, 15) is 18.0 Å². The topological polar surface area (TPSA) is 77.0 Å². The van der Waals surface area contributed by atoms with Crippen molar-refractivity contribution in [2.24, 2.45) is 0 Å². The standard InChI is InChI=1S/C17H18F3N5O2S/c1-4-24(5-2)15(26)11-8-21-25(9-11)10(3)12-6-7-13(28-12)14-22-16(27-23-14)17(18,19)20/h6-10H,4-5H2,1-3H3. The van der Waals surface area contributed by atoms with Crippen LogP contribution in [-0.2, 0) is 6.18 Å². The van der Waals surface area contributed by atoms with Crippen LogP contribution >= 0.6 is 11.3 Å². The molecule has 0 aliphatic heterocycles. The first-order chi connectivity index (χ1) is 13.2. The van der Waals surface area contributed by atoms with Gasteiger partial charge in [0, 0.05) is 24.2 Å². The second-order valence-electron chi connectivity index (χ2n) is 5.99. The van der Waals surface area contributed by atoms with Gasteiger partial charge in [0.1, 0.15) is 0 Å². The van der Waals surface area contributed by atoms with E-state index in [0.29, 0.717) is 23.5 Å². The van der Waals surface area contributed by atoms with E-state index in [0.717, 1.165) is 4.88 Å². The van der Waals surface area contributed by atoms with Gasteiger partial charge in [-0.05, 0) is 32.9 Å². The van der Waals surface area contributed by atoms with Crippen LogP contribution in [0.3, 0.4) is 0 Å². The van der Waals surface area contributed by atoms with Crippen molar-refractivity contribution in [1.29, 1.82) is 0 Å². The summed E-state index contributed by atoms with van der Waals surface area (Å²) < 4.78 is 43.8. The normalized spacial score (nSPS) is 12.9. The van der Waals surface area contributed by atoms with Gasteiger partial charge in [-0.3, -0.25) is 9.48 Å². The van der Waals surface area contributed by atoms with E-state index in [1.807, 2.05) is 20.8 Å². The van der Waals surface area contributed by atoms with E-state index in [4.69, 9.17) is 0 Å². The summed E-state index contributed by atoms with van der Waals surface area (Å²) in [5.74, 6) is -1.59. The number of hydrogen-bond acceptors (Lipinski definition) is 6. The summed E-state index contributed by atoms with van der Waals surface area (Å²) >= 11 is 1.24. The lowest BCUT2D eigenvalue weighted by Gasteiger charge is -2.17. The molecule has 0 saturated heterocycles. The second-order valence-corrected chi connectivity index (χ2v) is 7.10. The minimum Gasteiger partial charge on any atom is -0.339 e. The number of hydrogen-bond donors (Lipinski definition) is 0. The number of thiophene rings is 1. The van der Waals surface area contributed by atoms with Crippen LogP contribution in [-0.4, -0.2) is 43.8 Å². The Hall–Kier alpha value is -2.69. The smallest absolute Gasteiger partial charge is 0.339 e. The molecule has 0 spiro atoms. The maximum absolute atomic E-state index is 12.6. The van der Waals surface area contributed by atoms with Crippen molar-refractivity contribution in [3.63, 3.8) is 0 Å². The van der Waals surface area contributed by atoms with Crippen LogP contribution in [0.2, 0.25) is 0 Å². The SMILES string of the molecule is CCN(CC)C(=O)c1cnn(C(C)c2ccc(-c3noc(C(F)(F)F)n3)s2)c1. The molecule has 7 nitrogen and oxygen atoms in total. The highest BCUT2D eigenvalue weighted by molar-refractivity contribution is 7.15. The Balaban J connectivity index is 1.79. The molecule has 1 amide bonds. The summed E-state index contributed by atoms with van der Waals surface area (Å²) in [5, 5.41) is 7.66. The number of amides is 1. The first kappa shape index (κ1) is 20.1. The molecule has 28 heavy (non-hydrogen) atoms. The molecule has 0 radical (unpaired) electrons. The molecule has 1 unspecified atom stereocenters. The van der Waals surface area contributed by atoms with E-state index in [1.165, 1.54) is 17.5 Å². The van der Waals surface area contributed by atoms with Gasteiger partial charge in [0.15, 0.2) is 0 Å². The molecule has 0 saturated carbocycles. The van der Waals surface area contributed by atoms with Crippen molar-refractivity contribution in [2.75, 3.05) is 13.1 Å². The van der Waals surface area contributed by atoms with Crippen LogP contribution in [0, 0.1) is 0 Å². The molecule has 3 heterocycles. The zero-order valence-corrected chi connectivity index (χ0v) is 16.2. The summed E-state index contributed by atoms with van der Waals surface area (Å²) in [7, 11) is 0. The third kappa shape index (κ3) is 3.93. The molecule has 3 rings (SSSR count). The molecule has 3 aromatic rings. The molecule has 0 aliphatic carbocycles. The summed E-state index contributed by atoms with van der Waals surface area (Å²) in [6.45, 7) is 6.91. The Morgan fingerprint density at radius 2 is 2.04 bits per heavy atom. The van der Waals surface area contributed by atoms with Crippen molar-refractivity contribution in [3.8, 4) is 10.7 Å². The third-order valence-corrected chi connectivity index (χ3v) is 5.47. The first-order valence-corrected chi connectivity index (χ1v) is 9.40. The van der Waals surface area contributed by atoms with Gasteiger partial charge in [0.05, 0.1) is 22.7 Å². The largest absolute Gasteiger partial charge is 0.471 e. The van der Waals surface area contributed by atoms with Gasteiger partial charge >= 0.3 is 12.1 Å². The number of carbonyl (C=O) groups is 1. The number of rotatable bonds is 6. The Morgan fingerprint density at radius 1 is 1.32 bits per heavy atom. The second kappa shape index (κ2) is 7.74. The fraction of sp³-hybridized carbons (Fsp3) is 0.412. The Bertz CT molecular complexity index is 958. The molecule has 0 aromatic carbocycles. The van der Waals surface area contributed by atoms with Gasteiger partial charge < -0.3 is 9.42 Å². The summed E-state index contributed by atoms with van der Waals surface area (Å²) in [6.07, 6.45) is -1.50. The molecule has 150 valence electrons. The van der Waals surface area contributed by atoms with E-state index in [1.54, 1.807) is 27.9 Å². The Morgan fingerprint density at radius 3 is 2.64 bits per heavy atom. The van der Waals surface area contributed by atoms with E-state index in [2.05, 4.69) is 19.8 Å². The molecule has 0 bridgehead atoms. The summed E-state index contributed by atoms with van der Waals surface area (Å²) in [4.78, 5) is 18.8. The number of nitrogens with zero attached hydrogens (tertiary/aromatic N) is 5. The molecule has 0 N–H and O–H groups in total. The Kier molecular flexibility index (Phi) is 5.54. The highest BCUT2D eigenvalue weighted by Crippen LogP contribution is 2.34. The average molecular weight is 413 g/mol. The maximum Gasteiger partial charge on any atom is 0.471 e. The quantitative estimate of drug-likeness (QED) is 0.608. The van der Waals surface area contributed by atoms with Crippen LogP contribution in [0.4, 0.5) is 13.2 Å². The first-order valence-electron chi connectivity index (χ1n) is 8.59. The highest BCUT2D eigenvalue weighted by Gasteiger charge is 2.38. The molecule has 0 fully saturated rings. The van der Waals surface area contributed by atoms with Gasteiger partial charge in [-0.2, -0.15) is 23.3 Å². The van der Waals surface area contributed by atoms with E-state index < -0.39 is 12.1 Å². The van der Waals surface area contributed by atoms with Gasteiger partial charge in [-0.25, -0.2) is 0 Å². The average Bonchev–Trinajstić information content (AvgIpc) is 3.40. The Labute approximate surface area is 162 Å². The predicted octanol–water partition coefficient (Wildman–Crippen LogP) is 4.10. The van der Waals surface area contributed by atoms with E-state index in [-0.39, 0.29) is 17.8 Å². The predicted molar refractivity (Wildman–Crippen MR) is 95.9 cm³/mol. The number of carbonyl (C=O) groups excluding carboxylic acids is 1. The number of alkyl halides is 3. The van der Waals surface area contributed by atoms with Crippen LogP contribution in [0.5, 0.6) is 0 Å². The number of aromatic nitrogens is 4. The molecule has 1 atom stereocenters. The molecule has 11 heteroatoms. The lowest BCUT2D eigenvalue weighted by molar-refractivity contribution is -0.159. The zero-order chi connectivity index (χ0) is 20.5. The minimum atomic E-state index is -4.68. The lowest BCUT2D eigenvalue weighted by atomic mass is 10.2. The number of halogens is 3. The fourth-order valence-corrected chi connectivity index (χ4v) is 3.60. The summed E-state index contributed by atoms with van der Waals surface area (Å²) in [6, 6.07) is 3.18. The van der Waals surface area contributed by atoms with Gasteiger partial charge in [-0.15, -0.1) is 11.3 Å². The van der Waals surface area contributed by atoms with Crippen LogP contribution < -0.4 is 0 Å². The van der Waals surface area contributed by atoms with Crippen molar-refractivity contribution in [2.45, 2.75) is 33.0 Å². The van der Waals surface area contributed by atoms with Gasteiger partial charge in [0.2, 0.25) is 5.82 Å². The molecular formula is C17H18F3N5O2S. The fourth-order valence-electron chi connectivity index (χ4n) is 2.62. The third-order valence-electron chi connectivity index (χ3n) is 4.22. The summed E-state index contributed by atoms with van der Waals surface area (Å²) in [5.41, 5.74) is 0.486.